The minimum absolute atomic E-state index is 0.420. The van der Waals surface area contributed by atoms with E-state index < -0.39 is 10.8 Å². The van der Waals surface area contributed by atoms with Crippen LogP contribution in [0.25, 0.3) is 0 Å². The van der Waals surface area contributed by atoms with E-state index in [1.165, 1.54) is 0 Å². The second-order valence-corrected chi connectivity index (χ2v) is 6.65. The molecular weight excluding hydrogens is 266 g/mol. The van der Waals surface area contributed by atoms with Crippen molar-refractivity contribution in [3.63, 3.8) is 0 Å². The molecule has 0 N–H and O–H groups in total. The predicted octanol–water partition coefficient (Wildman–Crippen LogP) is 3.35. The van der Waals surface area contributed by atoms with Gasteiger partial charge in [0.15, 0.2) is 0 Å². The van der Waals surface area contributed by atoms with Crippen molar-refractivity contribution in [2.45, 2.75) is 29.2 Å². The van der Waals surface area contributed by atoms with E-state index in [0.717, 1.165) is 21.8 Å². The Hall–Kier alpha value is -1.45. The van der Waals surface area contributed by atoms with Crippen molar-refractivity contribution in [3.8, 4) is 0 Å². The van der Waals surface area contributed by atoms with E-state index in [9.17, 15) is 4.21 Å². The van der Waals surface area contributed by atoms with Gasteiger partial charge in [-0.25, -0.2) is 4.21 Å². The first-order chi connectivity index (χ1) is 9.59. The second kappa shape index (κ2) is 6.82. The molecule has 0 aliphatic rings. The van der Waals surface area contributed by atoms with Crippen LogP contribution in [0.15, 0.2) is 64.4 Å². The van der Waals surface area contributed by atoms with Gasteiger partial charge in [-0.15, -0.1) is 0 Å². The van der Waals surface area contributed by atoms with E-state index in [0.29, 0.717) is 6.04 Å². The number of hydrogen-bond donors (Lipinski definition) is 0. The van der Waals surface area contributed by atoms with Crippen LogP contribution < -0.4 is 0 Å². The first kappa shape index (κ1) is 14.9. The zero-order chi connectivity index (χ0) is 14.5. The zero-order valence-electron chi connectivity index (χ0n) is 12.2. The van der Waals surface area contributed by atoms with Gasteiger partial charge in [0.25, 0.3) is 0 Å². The smallest absolute Gasteiger partial charge is 0.0852 e. The van der Waals surface area contributed by atoms with E-state index in [4.69, 9.17) is 0 Å². The van der Waals surface area contributed by atoms with Crippen LogP contribution in [0.5, 0.6) is 0 Å². The van der Waals surface area contributed by atoms with Gasteiger partial charge in [0.1, 0.15) is 0 Å². The van der Waals surface area contributed by atoms with Gasteiger partial charge < -0.3 is 4.90 Å². The van der Waals surface area contributed by atoms with Crippen molar-refractivity contribution in [2.75, 3.05) is 14.1 Å². The fourth-order valence-electron chi connectivity index (χ4n) is 2.03. The van der Waals surface area contributed by atoms with Crippen LogP contribution in [0.1, 0.15) is 12.5 Å². The molecule has 106 valence electrons. The maximum absolute atomic E-state index is 12.7. The Morgan fingerprint density at radius 1 is 1.00 bits per heavy atom. The monoisotopic (exact) mass is 287 g/mol. The number of benzene rings is 2. The van der Waals surface area contributed by atoms with E-state index in [2.05, 4.69) is 32.0 Å². The Morgan fingerprint density at radius 2 is 1.60 bits per heavy atom. The molecule has 0 amide bonds. The highest BCUT2D eigenvalue weighted by molar-refractivity contribution is 7.85. The summed E-state index contributed by atoms with van der Waals surface area (Å²) in [7, 11) is 3.04. The lowest BCUT2D eigenvalue weighted by Gasteiger charge is -2.21. The molecule has 0 unspecified atom stereocenters. The van der Waals surface area contributed by atoms with Crippen molar-refractivity contribution < 1.29 is 4.21 Å². The average molecular weight is 287 g/mol. The molecular formula is C17H21NOS. The fraction of sp³-hybridized carbons (Fsp3) is 0.294. The molecule has 0 saturated heterocycles. The van der Waals surface area contributed by atoms with Gasteiger partial charge in [0.05, 0.1) is 10.8 Å². The van der Waals surface area contributed by atoms with Crippen LogP contribution in [0, 0.1) is 0 Å². The summed E-state index contributed by atoms with van der Waals surface area (Å²) in [4.78, 5) is 3.97. The number of rotatable bonds is 5. The molecule has 0 aliphatic carbocycles. The summed E-state index contributed by atoms with van der Waals surface area (Å²) in [6, 6.07) is 18.1. The Balaban J connectivity index is 2.31. The lowest BCUT2D eigenvalue weighted by Crippen LogP contribution is -2.27. The molecule has 0 aromatic heterocycles. The molecule has 2 rings (SSSR count). The first-order valence-corrected chi connectivity index (χ1v) is 7.95. The quantitative estimate of drug-likeness (QED) is 0.840. The number of nitrogens with zero attached hydrogens (tertiary/aromatic N) is 1. The van der Waals surface area contributed by atoms with Crippen LogP contribution in [-0.4, -0.2) is 29.2 Å². The van der Waals surface area contributed by atoms with Crippen molar-refractivity contribution in [2.24, 2.45) is 0 Å². The van der Waals surface area contributed by atoms with E-state index in [1.54, 1.807) is 0 Å². The summed E-state index contributed by atoms with van der Waals surface area (Å²) in [5.41, 5.74) is 1.16. The van der Waals surface area contributed by atoms with Gasteiger partial charge in [0.2, 0.25) is 0 Å². The highest BCUT2D eigenvalue weighted by Crippen LogP contribution is 2.21. The molecule has 0 radical (unpaired) electrons. The molecule has 0 heterocycles. The van der Waals surface area contributed by atoms with E-state index in [1.807, 2.05) is 48.5 Å². The molecule has 2 aromatic rings. The van der Waals surface area contributed by atoms with Gasteiger partial charge >= 0.3 is 0 Å². The van der Waals surface area contributed by atoms with Gasteiger partial charge in [-0.2, -0.15) is 0 Å². The summed E-state index contributed by atoms with van der Waals surface area (Å²) in [6.45, 7) is 2.18. The third-order valence-electron chi connectivity index (χ3n) is 3.53. The zero-order valence-corrected chi connectivity index (χ0v) is 13.1. The van der Waals surface area contributed by atoms with E-state index in [-0.39, 0.29) is 0 Å². The van der Waals surface area contributed by atoms with Crippen LogP contribution in [0.4, 0.5) is 0 Å². The molecule has 2 aromatic carbocycles. The molecule has 20 heavy (non-hydrogen) atoms. The average Bonchev–Trinajstić information content (AvgIpc) is 2.48. The molecule has 0 saturated carbocycles. The lowest BCUT2D eigenvalue weighted by molar-refractivity contribution is 0.311. The van der Waals surface area contributed by atoms with Crippen molar-refractivity contribution in [1.82, 2.24) is 4.90 Å². The molecule has 0 aliphatic heterocycles. The number of likely N-dealkylation sites (N-methyl/N-ethyl adjacent to an activating group) is 1. The normalized spacial score (nSPS) is 14.2. The Kier molecular flexibility index (Phi) is 5.10. The predicted molar refractivity (Wildman–Crippen MR) is 84.4 cm³/mol. The van der Waals surface area contributed by atoms with Crippen LogP contribution in [0.3, 0.4) is 0 Å². The summed E-state index contributed by atoms with van der Waals surface area (Å²) < 4.78 is 12.7. The van der Waals surface area contributed by atoms with Crippen LogP contribution in [-0.2, 0) is 17.2 Å². The third-order valence-corrected chi connectivity index (χ3v) is 5.02. The SMILES string of the molecule is C[C@@H](Cc1ccccc1[S@](=O)c1ccccc1)N(C)C. The van der Waals surface area contributed by atoms with E-state index >= 15 is 0 Å². The third kappa shape index (κ3) is 3.56. The summed E-state index contributed by atoms with van der Waals surface area (Å²) in [5, 5.41) is 0. The second-order valence-electron chi connectivity index (χ2n) is 5.21. The maximum Gasteiger partial charge on any atom is 0.0852 e. The van der Waals surface area contributed by atoms with Crippen LogP contribution >= 0.6 is 0 Å². The topological polar surface area (TPSA) is 20.3 Å². The molecule has 2 nitrogen and oxygen atoms in total. The molecule has 0 fully saturated rings. The molecule has 0 spiro atoms. The molecule has 2 atom stereocenters. The van der Waals surface area contributed by atoms with Crippen LogP contribution in [0.2, 0.25) is 0 Å². The first-order valence-electron chi connectivity index (χ1n) is 6.80. The van der Waals surface area contributed by atoms with Gasteiger partial charge in [-0.1, -0.05) is 36.4 Å². The fourth-order valence-corrected chi connectivity index (χ4v) is 3.28. The van der Waals surface area contributed by atoms with Gasteiger partial charge in [-0.3, -0.25) is 0 Å². The number of hydrogen-bond acceptors (Lipinski definition) is 2. The standard InChI is InChI=1S/C17H21NOS/c1-14(18(2)3)13-15-9-7-8-12-17(15)20(19)16-10-5-4-6-11-16/h4-12,14H,13H2,1-3H3/t14-,20+/m0/s1. The minimum atomic E-state index is -1.11. The Bertz CT molecular complexity index is 581. The largest absolute Gasteiger partial charge is 0.306 e. The van der Waals surface area contributed by atoms with Crippen molar-refractivity contribution in [3.05, 3.63) is 60.2 Å². The van der Waals surface area contributed by atoms with Crippen molar-refractivity contribution >= 4 is 10.8 Å². The Labute approximate surface area is 123 Å². The maximum atomic E-state index is 12.7. The summed E-state index contributed by atoms with van der Waals surface area (Å²) in [5.74, 6) is 0. The van der Waals surface area contributed by atoms with Gasteiger partial charge in [-0.05, 0) is 51.2 Å². The lowest BCUT2D eigenvalue weighted by atomic mass is 10.1. The molecule has 3 heteroatoms. The highest BCUT2D eigenvalue weighted by atomic mass is 32.2. The van der Waals surface area contributed by atoms with Crippen molar-refractivity contribution in [1.29, 1.82) is 0 Å². The summed E-state index contributed by atoms with van der Waals surface area (Å²) in [6.07, 6.45) is 0.905. The Morgan fingerprint density at radius 3 is 2.25 bits per heavy atom. The molecule has 0 bridgehead atoms. The highest BCUT2D eigenvalue weighted by Gasteiger charge is 2.14. The van der Waals surface area contributed by atoms with Gasteiger partial charge in [0, 0.05) is 15.8 Å². The summed E-state index contributed by atoms with van der Waals surface area (Å²) >= 11 is 0. The minimum Gasteiger partial charge on any atom is -0.306 e.